The molecule has 0 fully saturated rings. The first-order valence-corrected chi connectivity index (χ1v) is 11.3. The number of benzene rings is 2. The Balaban J connectivity index is 2.16. The first kappa shape index (κ1) is 20.4. The third-order valence-electron chi connectivity index (χ3n) is 4.48. The maximum absolute atomic E-state index is 13.0. The van der Waals surface area contributed by atoms with Gasteiger partial charge in [0.15, 0.2) is 0 Å². The molecule has 2 aromatic rings. The Morgan fingerprint density at radius 2 is 1.74 bits per heavy atom. The Morgan fingerprint density at radius 1 is 1.15 bits per heavy atom. The van der Waals surface area contributed by atoms with Crippen molar-refractivity contribution in [1.29, 1.82) is 0 Å². The van der Waals surface area contributed by atoms with Gasteiger partial charge in [0.2, 0.25) is 0 Å². The predicted octanol–water partition coefficient (Wildman–Crippen LogP) is 4.52. The predicted molar refractivity (Wildman–Crippen MR) is 101 cm³/mol. The van der Waals surface area contributed by atoms with Crippen LogP contribution < -0.4 is 5.19 Å². The van der Waals surface area contributed by atoms with Crippen molar-refractivity contribution < 1.29 is 23.2 Å². The van der Waals surface area contributed by atoms with Crippen molar-refractivity contribution in [3.8, 4) is 0 Å². The van der Waals surface area contributed by atoms with Gasteiger partial charge in [-0.25, -0.2) is 4.79 Å². The molecule has 142 valence electrons. The summed E-state index contributed by atoms with van der Waals surface area (Å²) in [4.78, 5) is 22.3. The van der Waals surface area contributed by atoms with Crippen LogP contribution in [0.2, 0.25) is 18.6 Å². The standard InChI is InChI=1S/C19H19F2NO4Si/c1-27(2,16-6-4-3-5-7-16)17(12-18(20)21)13-26-19(23)14-8-10-15(11-9-14)22(24)25/h3-12,17H,13H2,1-2H3/t17-/m1/s1. The molecule has 0 saturated carbocycles. The summed E-state index contributed by atoms with van der Waals surface area (Å²) in [6.07, 6.45) is -0.967. The van der Waals surface area contributed by atoms with E-state index in [2.05, 4.69) is 0 Å². The molecule has 2 rings (SSSR count). The summed E-state index contributed by atoms with van der Waals surface area (Å²) in [7, 11) is -2.39. The van der Waals surface area contributed by atoms with Crippen LogP contribution in [0.15, 0.2) is 66.8 Å². The van der Waals surface area contributed by atoms with Gasteiger partial charge in [-0.3, -0.25) is 10.1 Å². The van der Waals surface area contributed by atoms with Crippen LogP contribution in [0.3, 0.4) is 0 Å². The van der Waals surface area contributed by atoms with E-state index in [9.17, 15) is 23.7 Å². The van der Waals surface area contributed by atoms with Crippen LogP contribution in [0.1, 0.15) is 10.4 Å². The third kappa shape index (κ3) is 5.30. The fraction of sp³-hybridized carbons (Fsp3) is 0.211. The Labute approximate surface area is 156 Å². The largest absolute Gasteiger partial charge is 0.462 e. The topological polar surface area (TPSA) is 69.4 Å². The van der Waals surface area contributed by atoms with E-state index in [0.29, 0.717) is 0 Å². The van der Waals surface area contributed by atoms with E-state index in [1.807, 2.05) is 43.4 Å². The molecular formula is C19H19F2NO4Si. The second kappa shape index (κ2) is 8.68. The number of nitro benzene ring substituents is 1. The lowest BCUT2D eigenvalue weighted by Gasteiger charge is -2.30. The lowest BCUT2D eigenvalue weighted by Crippen LogP contribution is -2.47. The average Bonchev–Trinajstić information content (AvgIpc) is 2.65. The summed E-state index contributed by atoms with van der Waals surface area (Å²) >= 11 is 0. The normalized spacial score (nSPS) is 12.1. The second-order valence-electron chi connectivity index (χ2n) is 6.55. The van der Waals surface area contributed by atoms with Crippen LogP contribution >= 0.6 is 0 Å². The summed E-state index contributed by atoms with van der Waals surface area (Å²) in [6, 6.07) is 14.3. The maximum atomic E-state index is 13.0. The lowest BCUT2D eigenvalue weighted by atomic mass is 10.2. The quantitative estimate of drug-likeness (QED) is 0.301. The highest BCUT2D eigenvalue weighted by Gasteiger charge is 2.34. The van der Waals surface area contributed by atoms with Crippen LogP contribution in [0, 0.1) is 10.1 Å². The van der Waals surface area contributed by atoms with Gasteiger partial charge >= 0.3 is 5.97 Å². The molecule has 0 N–H and O–H groups in total. The van der Waals surface area contributed by atoms with E-state index >= 15 is 0 Å². The Hall–Kier alpha value is -2.87. The number of hydrogen-bond donors (Lipinski definition) is 0. The first-order valence-electron chi connectivity index (χ1n) is 8.21. The monoisotopic (exact) mass is 391 g/mol. The van der Waals surface area contributed by atoms with Crippen molar-refractivity contribution in [2.24, 2.45) is 0 Å². The zero-order valence-corrected chi connectivity index (χ0v) is 15.9. The number of rotatable bonds is 7. The highest BCUT2D eigenvalue weighted by molar-refractivity contribution is 6.91. The zero-order chi connectivity index (χ0) is 20.0. The molecule has 0 amide bonds. The Kier molecular flexibility index (Phi) is 6.57. The number of carbonyl (C=O) groups excluding carboxylic acids is 1. The number of halogens is 2. The zero-order valence-electron chi connectivity index (χ0n) is 14.9. The van der Waals surface area contributed by atoms with Crippen LogP contribution in [-0.2, 0) is 4.74 Å². The lowest BCUT2D eigenvalue weighted by molar-refractivity contribution is -0.384. The van der Waals surface area contributed by atoms with Gasteiger partial charge in [0, 0.05) is 17.7 Å². The highest BCUT2D eigenvalue weighted by Crippen LogP contribution is 2.26. The number of esters is 1. The van der Waals surface area contributed by atoms with Gasteiger partial charge in [0.1, 0.15) is 0 Å². The van der Waals surface area contributed by atoms with Crippen molar-refractivity contribution in [3.63, 3.8) is 0 Å². The first-order chi connectivity index (χ1) is 12.7. The van der Waals surface area contributed by atoms with E-state index in [-0.39, 0.29) is 17.9 Å². The minimum absolute atomic E-state index is 0.128. The van der Waals surface area contributed by atoms with Crippen molar-refractivity contribution in [3.05, 3.63) is 82.4 Å². The second-order valence-corrected chi connectivity index (χ2v) is 11.3. The number of nitrogens with zero attached hydrogens (tertiary/aromatic N) is 1. The average molecular weight is 391 g/mol. The molecule has 1 atom stereocenters. The van der Waals surface area contributed by atoms with Crippen LogP contribution in [-0.4, -0.2) is 25.6 Å². The summed E-state index contributed by atoms with van der Waals surface area (Å²) in [5, 5.41) is 11.6. The summed E-state index contributed by atoms with van der Waals surface area (Å²) in [5.41, 5.74) is -0.639. The molecule has 0 aliphatic carbocycles. The van der Waals surface area contributed by atoms with Crippen molar-refractivity contribution in [2.45, 2.75) is 18.6 Å². The molecule has 8 heteroatoms. The number of carbonyl (C=O) groups is 1. The summed E-state index contributed by atoms with van der Waals surface area (Å²) in [5.74, 6) is -0.708. The third-order valence-corrected chi connectivity index (χ3v) is 8.49. The molecule has 0 unspecified atom stereocenters. The van der Waals surface area contributed by atoms with Gasteiger partial charge in [0.25, 0.3) is 11.8 Å². The Morgan fingerprint density at radius 3 is 2.26 bits per heavy atom. The van der Waals surface area contributed by atoms with Gasteiger partial charge in [0.05, 0.1) is 25.2 Å². The minimum atomic E-state index is -2.39. The van der Waals surface area contributed by atoms with Crippen LogP contribution in [0.4, 0.5) is 14.5 Å². The van der Waals surface area contributed by atoms with E-state index in [1.165, 1.54) is 24.3 Å². The Bertz CT molecular complexity index is 835. The molecular weight excluding hydrogens is 372 g/mol. The molecule has 0 aromatic heterocycles. The molecule has 0 bridgehead atoms. The molecule has 0 spiro atoms. The highest BCUT2D eigenvalue weighted by atomic mass is 28.3. The minimum Gasteiger partial charge on any atom is -0.462 e. The molecule has 0 saturated heterocycles. The molecule has 0 heterocycles. The molecule has 2 aromatic carbocycles. The van der Waals surface area contributed by atoms with E-state index < -0.39 is 30.6 Å². The van der Waals surface area contributed by atoms with Gasteiger partial charge in [-0.1, -0.05) is 48.6 Å². The van der Waals surface area contributed by atoms with Crippen LogP contribution in [0.25, 0.3) is 0 Å². The van der Waals surface area contributed by atoms with Crippen molar-refractivity contribution >= 4 is 24.9 Å². The molecule has 0 radical (unpaired) electrons. The van der Waals surface area contributed by atoms with E-state index in [0.717, 1.165) is 11.3 Å². The van der Waals surface area contributed by atoms with Gasteiger partial charge in [-0.2, -0.15) is 8.78 Å². The maximum Gasteiger partial charge on any atom is 0.338 e. The molecule has 5 nitrogen and oxygen atoms in total. The summed E-state index contributed by atoms with van der Waals surface area (Å²) < 4.78 is 31.2. The van der Waals surface area contributed by atoms with Gasteiger partial charge < -0.3 is 4.74 Å². The van der Waals surface area contributed by atoms with Crippen LogP contribution in [0.5, 0.6) is 0 Å². The smallest absolute Gasteiger partial charge is 0.338 e. The van der Waals surface area contributed by atoms with Crippen molar-refractivity contribution in [2.75, 3.05) is 6.61 Å². The van der Waals surface area contributed by atoms with Gasteiger partial charge in [-0.05, 0) is 18.2 Å². The van der Waals surface area contributed by atoms with Gasteiger partial charge in [-0.15, -0.1) is 0 Å². The van der Waals surface area contributed by atoms with E-state index in [1.54, 1.807) is 0 Å². The van der Waals surface area contributed by atoms with E-state index in [4.69, 9.17) is 4.74 Å². The summed E-state index contributed by atoms with van der Waals surface area (Å²) in [6.45, 7) is 3.68. The fourth-order valence-corrected chi connectivity index (χ4v) is 5.19. The molecule has 0 aliphatic rings. The number of hydrogen-bond acceptors (Lipinski definition) is 4. The fourth-order valence-electron chi connectivity index (χ4n) is 2.67. The number of non-ortho nitro benzene ring substituents is 1. The molecule has 27 heavy (non-hydrogen) atoms. The molecule has 0 aliphatic heterocycles. The van der Waals surface area contributed by atoms with Crippen molar-refractivity contribution in [1.82, 2.24) is 0 Å². The number of nitro groups is 1. The SMILES string of the molecule is C[Si](C)(c1ccccc1)[C@H](C=C(F)F)COC(=O)c1ccc([N+](=O)[O-])cc1. The number of ether oxygens (including phenoxy) is 1.